The number of para-hydroxylation sites is 1. The van der Waals surface area contributed by atoms with Crippen molar-refractivity contribution in [2.24, 2.45) is 0 Å². The Balaban J connectivity index is 1.69. The summed E-state index contributed by atoms with van der Waals surface area (Å²) in [6, 6.07) is 13.9. The Labute approximate surface area is 169 Å². The Kier molecular flexibility index (Phi) is 5.16. The molecule has 0 fully saturated rings. The van der Waals surface area contributed by atoms with E-state index in [1.54, 1.807) is 41.6 Å². The topological polar surface area (TPSA) is 65.6 Å². The Bertz CT molecular complexity index is 1140. The van der Waals surface area contributed by atoms with Crippen LogP contribution >= 0.6 is 0 Å². The lowest BCUT2D eigenvalue weighted by molar-refractivity contribution is 0.104. The first-order chi connectivity index (χ1) is 14.1. The largest absolute Gasteiger partial charge is 0.289 e. The number of nitrogens with zero attached hydrogens (tertiary/aromatic N) is 5. The summed E-state index contributed by atoms with van der Waals surface area (Å²) >= 11 is 0. The summed E-state index contributed by atoms with van der Waals surface area (Å²) in [4.78, 5) is 16.7. The van der Waals surface area contributed by atoms with Crippen LogP contribution < -0.4 is 0 Å². The molecule has 0 saturated heterocycles. The average Bonchev–Trinajstić information content (AvgIpc) is 3.41. The van der Waals surface area contributed by atoms with Crippen LogP contribution in [0.5, 0.6) is 0 Å². The van der Waals surface area contributed by atoms with E-state index in [0.29, 0.717) is 5.56 Å². The number of hydrogen-bond donors (Lipinski definition) is 0. The molecule has 4 rings (SSSR count). The normalized spacial score (nSPS) is 11.4. The van der Waals surface area contributed by atoms with Crippen molar-refractivity contribution in [2.45, 2.75) is 19.9 Å². The van der Waals surface area contributed by atoms with Gasteiger partial charge in [-0.3, -0.25) is 14.5 Å². The molecule has 0 bridgehead atoms. The Morgan fingerprint density at radius 2 is 1.79 bits per heavy atom. The number of benzene rings is 1. The SMILES string of the molecule is CC(C)n1cc(C(=O)C=Cc2cn(-c3ccccc3)nc2-c2ccncc2)cn1. The summed E-state index contributed by atoms with van der Waals surface area (Å²) in [5, 5.41) is 8.98. The molecule has 3 heterocycles. The maximum atomic E-state index is 12.6. The maximum absolute atomic E-state index is 12.6. The molecule has 0 N–H and O–H groups in total. The maximum Gasteiger partial charge on any atom is 0.189 e. The molecule has 6 nitrogen and oxygen atoms in total. The lowest BCUT2D eigenvalue weighted by Crippen LogP contribution is -2.00. The molecule has 144 valence electrons. The fourth-order valence-electron chi connectivity index (χ4n) is 2.97. The highest BCUT2D eigenvalue weighted by atomic mass is 16.1. The fourth-order valence-corrected chi connectivity index (χ4v) is 2.97. The van der Waals surface area contributed by atoms with Crippen molar-refractivity contribution in [2.75, 3.05) is 0 Å². The lowest BCUT2D eigenvalue weighted by atomic mass is 10.1. The van der Waals surface area contributed by atoms with Crippen LogP contribution in [0.4, 0.5) is 0 Å². The zero-order chi connectivity index (χ0) is 20.2. The summed E-state index contributed by atoms with van der Waals surface area (Å²) in [5.74, 6) is -0.0926. The van der Waals surface area contributed by atoms with Gasteiger partial charge in [-0.2, -0.15) is 10.2 Å². The summed E-state index contributed by atoms with van der Waals surface area (Å²) in [6.45, 7) is 4.05. The van der Waals surface area contributed by atoms with Crippen LogP contribution in [0.3, 0.4) is 0 Å². The molecule has 0 saturated carbocycles. The highest BCUT2D eigenvalue weighted by molar-refractivity contribution is 6.06. The molecule has 0 aliphatic rings. The molecule has 0 unspecified atom stereocenters. The van der Waals surface area contributed by atoms with E-state index in [9.17, 15) is 4.79 Å². The van der Waals surface area contributed by atoms with Gasteiger partial charge in [0.2, 0.25) is 0 Å². The first kappa shape index (κ1) is 18.6. The van der Waals surface area contributed by atoms with Gasteiger partial charge in [0.05, 0.1) is 17.4 Å². The summed E-state index contributed by atoms with van der Waals surface area (Å²) in [6.07, 6.45) is 12.1. The van der Waals surface area contributed by atoms with Crippen LogP contribution in [0.15, 0.2) is 79.5 Å². The highest BCUT2D eigenvalue weighted by Gasteiger charge is 2.12. The zero-order valence-electron chi connectivity index (χ0n) is 16.3. The van der Waals surface area contributed by atoms with Crippen molar-refractivity contribution in [3.05, 3.63) is 90.7 Å². The minimum atomic E-state index is -0.0926. The second kappa shape index (κ2) is 8.06. The van der Waals surface area contributed by atoms with Gasteiger partial charge in [-0.15, -0.1) is 0 Å². The van der Waals surface area contributed by atoms with Gasteiger partial charge in [0, 0.05) is 42.0 Å². The van der Waals surface area contributed by atoms with Crippen molar-refractivity contribution in [3.63, 3.8) is 0 Å². The van der Waals surface area contributed by atoms with Gasteiger partial charge in [-0.1, -0.05) is 18.2 Å². The molecular weight excluding hydrogens is 362 g/mol. The molecule has 0 aliphatic carbocycles. The minimum absolute atomic E-state index is 0.0926. The van der Waals surface area contributed by atoms with Crippen molar-refractivity contribution in [1.82, 2.24) is 24.5 Å². The van der Waals surface area contributed by atoms with Gasteiger partial charge in [-0.25, -0.2) is 4.68 Å². The predicted molar refractivity (Wildman–Crippen MR) is 113 cm³/mol. The molecule has 29 heavy (non-hydrogen) atoms. The summed E-state index contributed by atoms with van der Waals surface area (Å²) in [5.41, 5.74) is 4.10. The van der Waals surface area contributed by atoms with E-state index in [4.69, 9.17) is 5.10 Å². The van der Waals surface area contributed by atoms with E-state index >= 15 is 0 Å². The Morgan fingerprint density at radius 3 is 2.48 bits per heavy atom. The standard InChI is InChI=1S/C23H21N5O/c1-17(2)27-16-20(14-25-27)22(29)9-8-19-15-28(21-6-4-3-5-7-21)26-23(19)18-10-12-24-13-11-18/h3-17H,1-2H3. The summed E-state index contributed by atoms with van der Waals surface area (Å²) in [7, 11) is 0. The first-order valence-electron chi connectivity index (χ1n) is 9.44. The third kappa shape index (κ3) is 4.06. The van der Waals surface area contributed by atoms with E-state index in [1.807, 2.05) is 67.2 Å². The number of ketones is 1. The van der Waals surface area contributed by atoms with Gasteiger partial charge >= 0.3 is 0 Å². The third-order valence-corrected chi connectivity index (χ3v) is 4.55. The number of allylic oxidation sites excluding steroid dienone is 1. The molecule has 6 heteroatoms. The third-order valence-electron chi connectivity index (χ3n) is 4.55. The second-order valence-corrected chi connectivity index (χ2v) is 6.95. The molecule has 3 aromatic heterocycles. The predicted octanol–water partition coefficient (Wildman–Crippen LogP) is 4.61. The van der Waals surface area contributed by atoms with Gasteiger partial charge in [-0.05, 0) is 50.3 Å². The Morgan fingerprint density at radius 1 is 1.03 bits per heavy atom. The van der Waals surface area contributed by atoms with Gasteiger partial charge < -0.3 is 0 Å². The van der Waals surface area contributed by atoms with E-state index in [0.717, 1.165) is 22.5 Å². The zero-order valence-corrected chi connectivity index (χ0v) is 16.3. The molecule has 4 aromatic rings. The smallest absolute Gasteiger partial charge is 0.189 e. The fraction of sp³-hybridized carbons (Fsp3) is 0.130. The number of pyridine rings is 1. The second-order valence-electron chi connectivity index (χ2n) is 6.95. The minimum Gasteiger partial charge on any atom is -0.289 e. The molecule has 0 radical (unpaired) electrons. The molecule has 0 aliphatic heterocycles. The molecule has 1 aromatic carbocycles. The monoisotopic (exact) mass is 383 g/mol. The van der Waals surface area contributed by atoms with Crippen molar-refractivity contribution in [1.29, 1.82) is 0 Å². The van der Waals surface area contributed by atoms with Crippen LogP contribution in [0.2, 0.25) is 0 Å². The van der Waals surface area contributed by atoms with Crippen molar-refractivity contribution < 1.29 is 4.79 Å². The number of hydrogen-bond acceptors (Lipinski definition) is 4. The van der Waals surface area contributed by atoms with Gasteiger partial charge in [0.1, 0.15) is 5.69 Å². The van der Waals surface area contributed by atoms with E-state index < -0.39 is 0 Å². The molecule has 0 amide bonds. The average molecular weight is 383 g/mol. The van der Waals surface area contributed by atoms with E-state index in [2.05, 4.69) is 10.1 Å². The highest BCUT2D eigenvalue weighted by Crippen LogP contribution is 2.24. The van der Waals surface area contributed by atoms with Gasteiger partial charge in [0.25, 0.3) is 0 Å². The van der Waals surface area contributed by atoms with Crippen molar-refractivity contribution in [3.8, 4) is 16.9 Å². The van der Waals surface area contributed by atoms with E-state index in [-0.39, 0.29) is 11.8 Å². The lowest BCUT2D eigenvalue weighted by Gasteiger charge is -2.02. The quantitative estimate of drug-likeness (QED) is 0.360. The van der Waals surface area contributed by atoms with Crippen LogP contribution in [0, 0.1) is 0 Å². The molecule has 0 atom stereocenters. The van der Waals surface area contributed by atoms with Crippen LogP contribution in [-0.4, -0.2) is 30.3 Å². The van der Waals surface area contributed by atoms with Crippen LogP contribution in [0.1, 0.15) is 35.8 Å². The van der Waals surface area contributed by atoms with Crippen LogP contribution in [0.25, 0.3) is 23.0 Å². The Hall–Kier alpha value is -3.80. The number of aromatic nitrogens is 5. The first-order valence-corrected chi connectivity index (χ1v) is 9.44. The summed E-state index contributed by atoms with van der Waals surface area (Å²) < 4.78 is 3.59. The van der Waals surface area contributed by atoms with Crippen LogP contribution in [-0.2, 0) is 0 Å². The number of carbonyl (C=O) groups excluding carboxylic acids is 1. The number of carbonyl (C=O) groups is 1. The number of rotatable bonds is 6. The van der Waals surface area contributed by atoms with Gasteiger partial charge in [0.15, 0.2) is 5.78 Å². The molecule has 0 spiro atoms. The molecular formula is C23H21N5O. The van der Waals surface area contributed by atoms with E-state index in [1.165, 1.54) is 0 Å². The van der Waals surface area contributed by atoms with Crippen molar-refractivity contribution >= 4 is 11.9 Å².